The van der Waals surface area contributed by atoms with Crippen molar-refractivity contribution in [1.29, 1.82) is 0 Å². The van der Waals surface area contributed by atoms with Crippen LogP contribution in [0.1, 0.15) is 22.5 Å². The molecule has 0 spiro atoms. The summed E-state index contributed by atoms with van der Waals surface area (Å²) in [5.74, 6) is -0.309. The highest BCUT2D eigenvalue weighted by Crippen LogP contribution is 2.12. The lowest BCUT2D eigenvalue weighted by molar-refractivity contribution is -0.384. The van der Waals surface area contributed by atoms with Gasteiger partial charge in [-0.1, -0.05) is 6.07 Å². The number of nitrogens with zero attached hydrogens (tertiary/aromatic N) is 3. The molecule has 0 bridgehead atoms. The third-order valence-corrected chi connectivity index (χ3v) is 3.08. The Bertz CT molecular complexity index is 651. The molecule has 0 unspecified atom stereocenters. The molecule has 110 valence electrons. The summed E-state index contributed by atoms with van der Waals surface area (Å²) in [7, 11) is 0. The largest absolute Gasteiger partial charge is 0.352 e. The molecule has 21 heavy (non-hydrogen) atoms. The highest BCUT2D eigenvalue weighted by molar-refractivity contribution is 5.94. The van der Waals surface area contributed by atoms with Crippen LogP contribution in [-0.2, 0) is 6.54 Å². The minimum atomic E-state index is -0.517. The number of carbonyl (C=O) groups excluding carboxylic acids is 1. The Balaban J connectivity index is 1.83. The van der Waals surface area contributed by atoms with E-state index >= 15 is 0 Å². The summed E-state index contributed by atoms with van der Waals surface area (Å²) < 4.78 is 1.86. The summed E-state index contributed by atoms with van der Waals surface area (Å²) in [6, 6.07) is 7.60. The highest BCUT2D eigenvalue weighted by Gasteiger charge is 2.10. The first kappa shape index (κ1) is 14.7. The van der Waals surface area contributed by atoms with Crippen LogP contribution < -0.4 is 5.32 Å². The van der Waals surface area contributed by atoms with Crippen LogP contribution in [-0.4, -0.2) is 27.2 Å². The maximum atomic E-state index is 11.9. The van der Waals surface area contributed by atoms with Crippen molar-refractivity contribution in [1.82, 2.24) is 15.1 Å². The number of benzene rings is 1. The van der Waals surface area contributed by atoms with E-state index in [0.29, 0.717) is 18.7 Å². The van der Waals surface area contributed by atoms with Gasteiger partial charge in [-0.3, -0.25) is 19.6 Å². The van der Waals surface area contributed by atoms with Crippen LogP contribution in [0.4, 0.5) is 5.69 Å². The molecule has 1 aromatic heterocycles. The fourth-order valence-corrected chi connectivity index (χ4v) is 1.93. The Kier molecular flexibility index (Phi) is 4.65. The van der Waals surface area contributed by atoms with E-state index in [2.05, 4.69) is 10.4 Å². The number of non-ortho nitro benzene ring substituents is 1. The van der Waals surface area contributed by atoms with Gasteiger partial charge in [0.15, 0.2) is 0 Å². The molecule has 0 fully saturated rings. The Morgan fingerprint density at radius 3 is 2.90 bits per heavy atom. The SMILES string of the molecule is Cc1ccnn1CCCNC(=O)c1cccc([N+](=O)[O-])c1. The van der Waals surface area contributed by atoms with Crippen LogP contribution in [0.3, 0.4) is 0 Å². The van der Waals surface area contributed by atoms with Gasteiger partial charge in [0.2, 0.25) is 0 Å². The molecule has 0 saturated carbocycles. The average Bonchev–Trinajstić information content (AvgIpc) is 2.89. The molecule has 1 amide bonds. The fourth-order valence-electron chi connectivity index (χ4n) is 1.93. The summed E-state index contributed by atoms with van der Waals surface area (Å²) in [5.41, 5.74) is 1.27. The third-order valence-electron chi connectivity index (χ3n) is 3.08. The van der Waals surface area contributed by atoms with Crippen LogP contribution in [0.25, 0.3) is 0 Å². The third kappa shape index (κ3) is 3.88. The molecule has 1 N–H and O–H groups in total. The number of hydrogen-bond acceptors (Lipinski definition) is 4. The number of nitro groups is 1. The molecule has 0 aliphatic rings. The molecule has 2 aromatic rings. The molecule has 1 heterocycles. The molecule has 0 aliphatic carbocycles. The number of aryl methyl sites for hydroxylation is 2. The lowest BCUT2D eigenvalue weighted by Gasteiger charge is -2.06. The van der Waals surface area contributed by atoms with E-state index in [1.54, 1.807) is 12.3 Å². The quantitative estimate of drug-likeness (QED) is 0.499. The summed E-state index contributed by atoms with van der Waals surface area (Å²) in [6.07, 6.45) is 2.47. The Labute approximate surface area is 121 Å². The molecule has 0 atom stereocenters. The van der Waals surface area contributed by atoms with Crippen LogP contribution >= 0.6 is 0 Å². The molecule has 2 rings (SSSR count). The molecule has 1 aromatic carbocycles. The zero-order valence-corrected chi connectivity index (χ0v) is 11.7. The van der Waals surface area contributed by atoms with Crippen molar-refractivity contribution in [2.75, 3.05) is 6.54 Å². The lowest BCUT2D eigenvalue weighted by atomic mass is 10.2. The molecule has 0 aliphatic heterocycles. The molecule has 7 nitrogen and oxygen atoms in total. The van der Waals surface area contributed by atoms with Gasteiger partial charge >= 0.3 is 0 Å². The monoisotopic (exact) mass is 288 g/mol. The van der Waals surface area contributed by atoms with Crippen molar-refractivity contribution >= 4 is 11.6 Å². The van der Waals surface area contributed by atoms with E-state index < -0.39 is 4.92 Å². The second-order valence-corrected chi connectivity index (χ2v) is 4.61. The standard InChI is InChI=1S/C14H16N4O3/c1-11-6-8-16-17(11)9-3-7-15-14(19)12-4-2-5-13(10-12)18(20)21/h2,4-6,8,10H,3,7,9H2,1H3,(H,15,19). The first-order chi connectivity index (χ1) is 10.1. The van der Waals surface area contributed by atoms with Crippen molar-refractivity contribution in [3.05, 3.63) is 57.9 Å². The number of nitrogens with one attached hydrogen (secondary N) is 1. The second kappa shape index (κ2) is 6.65. The first-order valence-corrected chi connectivity index (χ1v) is 6.59. The highest BCUT2D eigenvalue weighted by atomic mass is 16.6. The van der Waals surface area contributed by atoms with Gasteiger partial charge in [-0.15, -0.1) is 0 Å². The number of amides is 1. The summed E-state index contributed by atoms with van der Waals surface area (Å²) in [5, 5.41) is 17.6. The van der Waals surface area contributed by atoms with Gasteiger partial charge < -0.3 is 5.32 Å². The van der Waals surface area contributed by atoms with Gasteiger partial charge in [-0.05, 0) is 25.5 Å². The van der Waals surface area contributed by atoms with E-state index in [0.717, 1.165) is 12.1 Å². The first-order valence-electron chi connectivity index (χ1n) is 6.59. The molecular weight excluding hydrogens is 272 g/mol. The zero-order valence-electron chi connectivity index (χ0n) is 11.7. The number of hydrogen-bond donors (Lipinski definition) is 1. The second-order valence-electron chi connectivity index (χ2n) is 4.61. The maximum Gasteiger partial charge on any atom is 0.270 e. The molecule has 0 saturated heterocycles. The lowest BCUT2D eigenvalue weighted by Crippen LogP contribution is -2.25. The minimum absolute atomic E-state index is 0.0881. The summed E-state index contributed by atoms with van der Waals surface area (Å²) >= 11 is 0. The Morgan fingerprint density at radius 2 is 2.24 bits per heavy atom. The van der Waals surface area contributed by atoms with Crippen molar-refractivity contribution in [3.8, 4) is 0 Å². The van der Waals surface area contributed by atoms with Crippen molar-refractivity contribution in [3.63, 3.8) is 0 Å². The topological polar surface area (TPSA) is 90.1 Å². The van der Waals surface area contributed by atoms with E-state index in [1.165, 1.54) is 18.2 Å². The van der Waals surface area contributed by atoms with Gasteiger partial charge in [0.1, 0.15) is 0 Å². The zero-order chi connectivity index (χ0) is 15.2. The van der Waals surface area contributed by atoms with Crippen molar-refractivity contribution < 1.29 is 9.72 Å². The number of carbonyl (C=O) groups is 1. The maximum absolute atomic E-state index is 11.9. The van der Waals surface area contributed by atoms with Crippen LogP contribution in [0, 0.1) is 17.0 Å². The Hall–Kier alpha value is -2.70. The predicted octanol–water partition coefficient (Wildman–Crippen LogP) is 1.92. The van der Waals surface area contributed by atoms with Crippen molar-refractivity contribution in [2.24, 2.45) is 0 Å². The predicted molar refractivity (Wildman–Crippen MR) is 77.0 cm³/mol. The molecule has 0 radical (unpaired) electrons. The van der Waals surface area contributed by atoms with Crippen LogP contribution in [0.5, 0.6) is 0 Å². The van der Waals surface area contributed by atoms with E-state index in [1.807, 2.05) is 17.7 Å². The van der Waals surface area contributed by atoms with Gasteiger partial charge in [-0.25, -0.2) is 0 Å². The minimum Gasteiger partial charge on any atom is -0.352 e. The normalized spacial score (nSPS) is 10.3. The fraction of sp³-hybridized carbons (Fsp3) is 0.286. The molecule has 7 heteroatoms. The van der Waals surface area contributed by atoms with E-state index in [4.69, 9.17) is 0 Å². The van der Waals surface area contributed by atoms with Crippen LogP contribution in [0.15, 0.2) is 36.5 Å². The van der Waals surface area contributed by atoms with Gasteiger partial charge in [0, 0.05) is 42.7 Å². The van der Waals surface area contributed by atoms with E-state index in [-0.39, 0.29) is 11.6 Å². The number of aromatic nitrogens is 2. The Morgan fingerprint density at radius 1 is 1.43 bits per heavy atom. The summed E-state index contributed by atoms with van der Waals surface area (Å²) in [6.45, 7) is 3.17. The van der Waals surface area contributed by atoms with Gasteiger partial charge in [0.25, 0.3) is 11.6 Å². The van der Waals surface area contributed by atoms with E-state index in [9.17, 15) is 14.9 Å². The van der Waals surface area contributed by atoms with Gasteiger partial charge in [-0.2, -0.15) is 5.10 Å². The van der Waals surface area contributed by atoms with Crippen LogP contribution in [0.2, 0.25) is 0 Å². The summed E-state index contributed by atoms with van der Waals surface area (Å²) in [4.78, 5) is 22.0. The average molecular weight is 288 g/mol. The number of rotatable bonds is 6. The van der Waals surface area contributed by atoms with Gasteiger partial charge in [0.05, 0.1) is 4.92 Å². The molecular formula is C14H16N4O3. The number of nitro benzene ring substituents is 1. The van der Waals surface area contributed by atoms with Crippen molar-refractivity contribution in [2.45, 2.75) is 19.9 Å². The smallest absolute Gasteiger partial charge is 0.270 e.